The molecule has 1 atom stereocenters. The van der Waals surface area contributed by atoms with Crippen molar-refractivity contribution in [2.24, 2.45) is 0 Å². The number of halogens is 1. The van der Waals surface area contributed by atoms with Crippen molar-refractivity contribution in [3.05, 3.63) is 77.2 Å². The van der Waals surface area contributed by atoms with Gasteiger partial charge in [0.1, 0.15) is 5.82 Å². The normalized spacial score (nSPS) is 16.7. The minimum absolute atomic E-state index is 0.0955. The minimum atomic E-state index is -0.505. The number of rotatable bonds is 3. The number of nitrogens with one attached hydrogen (secondary N) is 1. The molecule has 26 heavy (non-hydrogen) atoms. The van der Waals surface area contributed by atoms with Gasteiger partial charge in [0.2, 0.25) is 0 Å². The lowest BCUT2D eigenvalue weighted by atomic mass is 9.97. The third kappa shape index (κ3) is 3.65. The number of hydrogen-bond donors (Lipinski definition) is 2. The van der Waals surface area contributed by atoms with Gasteiger partial charge in [0, 0.05) is 18.3 Å². The van der Waals surface area contributed by atoms with E-state index >= 15 is 0 Å². The van der Waals surface area contributed by atoms with Crippen LogP contribution in [0.2, 0.25) is 0 Å². The van der Waals surface area contributed by atoms with E-state index < -0.39 is 12.1 Å². The van der Waals surface area contributed by atoms with Crippen molar-refractivity contribution in [1.29, 1.82) is 0 Å². The summed E-state index contributed by atoms with van der Waals surface area (Å²) in [6, 6.07) is 10.1. The van der Waals surface area contributed by atoms with Crippen molar-refractivity contribution in [3.63, 3.8) is 0 Å². The van der Waals surface area contributed by atoms with Crippen LogP contribution in [-0.4, -0.2) is 21.8 Å². The standard InChI is InChI=1S/C20H19FN2O3/c1-13-15(12-24)3-2-4-18(13)22-20(26)23-10-9-17(25)11-19(23)14-5-7-16(21)8-6-14/h2-10,19,24H,11-12H2,1H3,(H,22,26)/t19-/m0/s1. The van der Waals surface area contributed by atoms with E-state index in [0.29, 0.717) is 11.3 Å². The van der Waals surface area contributed by atoms with E-state index in [0.717, 1.165) is 11.1 Å². The summed E-state index contributed by atoms with van der Waals surface area (Å²) in [6.07, 6.45) is 2.93. The van der Waals surface area contributed by atoms with Crippen LogP contribution in [0.5, 0.6) is 0 Å². The van der Waals surface area contributed by atoms with Crippen LogP contribution in [0.25, 0.3) is 0 Å². The van der Waals surface area contributed by atoms with Crippen molar-refractivity contribution >= 4 is 17.5 Å². The van der Waals surface area contributed by atoms with Gasteiger partial charge in [0.05, 0.1) is 12.6 Å². The highest BCUT2D eigenvalue weighted by Crippen LogP contribution is 2.30. The average molecular weight is 354 g/mol. The Kier molecular flexibility index (Phi) is 5.14. The van der Waals surface area contributed by atoms with Gasteiger partial charge in [-0.3, -0.25) is 9.69 Å². The Balaban J connectivity index is 1.87. The number of ketones is 1. The number of nitrogens with zero attached hydrogens (tertiary/aromatic N) is 1. The quantitative estimate of drug-likeness (QED) is 0.883. The summed E-state index contributed by atoms with van der Waals surface area (Å²) in [5.41, 5.74) is 2.77. The Bertz CT molecular complexity index is 862. The van der Waals surface area contributed by atoms with Crippen LogP contribution < -0.4 is 5.32 Å². The highest BCUT2D eigenvalue weighted by molar-refractivity contribution is 5.96. The Labute approximate surface area is 150 Å². The van der Waals surface area contributed by atoms with Crippen LogP contribution in [0.4, 0.5) is 14.9 Å². The highest BCUT2D eigenvalue weighted by Gasteiger charge is 2.29. The number of aliphatic hydroxyl groups is 1. The molecular formula is C20H19FN2O3. The third-order valence-electron chi connectivity index (χ3n) is 4.50. The van der Waals surface area contributed by atoms with Gasteiger partial charge in [0.15, 0.2) is 5.78 Å². The number of amides is 2. The molecule has 0 radical (unpaired) electrons. The molecule has 2 N–H and O–H groups in total. The fraction of sp³-hybridized carbons (Fsp3) is 0.200. The number of allylic oxidation sites excluding steroid dienone is 1. The molecule has 2 amide bonds. The SMILES string of the molecule is Cc1c(CO)cccc1NC(=O)N1C=CC(=O)C[C@H]1c1ccc(F)cc1. The van der Waals surface area contributed by atoms with Crippen LogP contribution >= 0.6 is 0 Å². The van der Waals surface area contributed by atoms with Crippen LogP contribution in [0.3, 0.4) is 0 Å². The summed E-state index contributed by atoms with van der Waals surface area (Å²) in [7, 11) is 0. The summed E-state index contributed by atoms with van der Waals surface area (Å²) < 4.78 is 13.2. The zero-order valence-corrected chi connectivity index (χ0v) is 14.3. The Morgan fingerprint density at radius 1 is 1.27 bits per heavy atom. The number of urea groups is 1. The number of carbonyl (C=O) groups is 2. The molecule has 0 saturated heterocycles. The summed E-state index contributed by atoms with van der Waals surface area (Å²) in [5.74, 6) is -0.472. The van der Waals surface area contributed by atoms with Crippen LogP contribution in [0.1, 0.15) is 29.2 Å². The number of anilines is 1. The second-order valence-electron chi connectivity index (χ2n) is 6.14. The van der Waals surface area contributed by atoms with Gasteiger partial charge in [-0.15, -0.1) is 0 Å². The molecule has 5 nitrogen and oxygen atoms in total. The van der Waals surface area contributed by atoms with Gasteiger partial charge in [-0.2, -0.15) is 0 Å². The van der Waals surface area contributed by atoms with Crippen molar-refractivity contribution in [1.82, 2.24) is 4.90 Å². The van der Waals surface area contributed by atoms with Crippen molar-refractivity contribution < 1.29 is 19.1 Å². The molecule has 2 aromatic carbocycles. The summed E-state index contributed by atoms with van der Waals surface area (Å²) in [4.78, 5) is 26.1. The molecular weight excluding hydrogens is 335 g/mol. The molecule has 1 heterocycles. The molecule has 0 aromatic heterocycles. The molecule has 3 rings (SSSR count). The monoisotopic (exact) mass is 354 g/mol. The Hall–Kier alpha value is -2.99. The molecule has 0 unspecified atom stereocenters. The van der Waals surface area contributed by atoms with Gasteiger partial charge in [0.25, 0.3) is 0 Å². The maximum absolute atomic E-state index is 13.2. The molecule has 0 spiro atoms. The maximum atomic E-state index is 13.2. The fourth-order valence-corrected chi connectivity index (χ4v) is 2.97. The van der Waals surface area contributed by atoms with Gasteiger partial charge < -0.3 is 10.4 Å². The zero-order valence-electron chi connectivity index (χ0n) is 14.3. The lowest BCUT2D eigenvalue weighted by Crippen LogP contribution is -2.37. The lowest BCUT2D eigenvalue weighted by molar-refractivity contribution is -0.116. The zero-order chi connectivity index (χ0) is 18.7. The van der Waals surface area contributed by atoms with Crippen molar-refractivity contribution in [2.45, 2.75) is 26.0 Å². The second-order valence-corrected chi connectivity index (χ2v) is 6.14. The summed E-state index contributed by atoms with van der Waals surface area (Å²) in [6.45, 7) is 1.69. The first kappa shape index (κ1) is 17.8. The number of hydrogen-bond acceptors (Lipinski definition) is 3. The molecule has 0 bridgehead atoms. The van der Waals surface area contributed by atoms with E-state index in [2.05, 4.69) is 5.32 Å². The smallest absolute Gasteiger partial charge is 0.326 e. The summed E-state index contributed by atoms with van der Waals surface area (Å²) in [5, 5.41) is 12.2. The first-order valence-electron chi connectivity index (χ1n) is 8.24. The minimum Gasteiger partial charge on any atom is -0.392 e. The molecule has 0 saturated carbocycles. The summed E-state index contributed by atoms with van der Waals surface area (Å²) >= 11 is 0. The third-order valence-corrected chi connectivity index (χ3v) is 4.50. The largest absolute Gasteiger partial charge is 0.392 e. The van der Waals surface area contributed by atoms with E-state index in [4.69, 9.17) is 0 Å². The van der Waals surface area contributed by atoms with E-state index in [9.17, 15) is 19.1 Å². The topological polar surface area (TPSA) is 69.6 Å². The molecule has 2 aromatic rings. The van der Waals surface area contributed by atoms with Gasteiger partial charge in [-0.05, 0) is 47.9 Å². The predicted molar refractivity (Wildman–Crippen MR) is 95.9 cm³/mol. The highest BCUT2D eigenvalue weighted by atomic mass is 19.1. The molecule has 6 heteroatoms. The average Bonchev–Trinajstić information content (AvgIpc) is 2.64. The lowest BCUT2D eigenvalue weighted by Gasteiger charge is -2.31. The van der Waals surface area contributed by atoms with Gasteiger partial charge in [-0.25, -0.2) is 9.18 Å². The molecule has 0 aliphatic carbocycles. The maximum Gasteiger partial charge on any atom is 0.326 e. The van der Waals surface area contributed by atoms with Crippen molar-refractivity contribution in [2.75, 3.05) is 5.32 Å². The van der Waals surface area contributed by atoms with Crippen LogP contribution in [-0.2, 0) is 11.4 Å². The van der Waals surface area contributed by atoms with E-state index in [1.165, 1.54) is 29.3 Å². The van der Waals surface area contributed by atoms with Crippen LogP contribution in [0.15, 0.2) is 54.7 Å². The Morgan fingerprint density at radius 3 is 2.69 bits per heavy atom. The van der Waals surface area contributed by atoms with E-state index in [-0.39, 0.29) is 24.6 Å². The van der Waals surface area contributed by atoms with Crippen molar-refractivity contribution in [3.8, 4) is 0 Å². The number of carbonyl (C=O) groups excluding carboxylic acids is 2. The van der Waals surface area contributed by atoms with Gasteiger partial charge in [-0.1, -0.05) is 24.3 Å². The first-order chi connectivity index (χ1) is 12.5. The van der Waals surface area contributed by atoms with Crippen LogP contribution in [0, 0.1) is 12.7 Å². The Morgan fingerprint density at radius 2 is 2.00 bits per heavy atom. The molecule has 134 valence electrons. The predicted octanol–water partition coefficient (Wildman–Crippen LogP) is 3.69. The van der Waals surface area contributed by atoms with Gasteiger partial charge >= 0.3 is 6.03 Å². The number of aliphatic hydroxyl groups excluding tert-OH is 1. The second kappa shape index (κ2) is 7.49. The fourth-order valence-electron chi connectivity index (χ4n) is 2.97. The molecule has 0 fully saturated rings. The number of benzene rings is 2. The molecule has 1 aliphatic rings. The molecule has 1 aliphatic heterocycles. The first-order valence-corrected chi connectivity index (χ1v) is 8.24. The van der Waals surface area contributed by atoms with E-state index in [1.54, 1.807) is 30.3 Å². The van der Waals surface area contributed by atoms with E-state index in [1.807, 2.05) is 6.92 Å².